The molecule has 30 heavy (non-hydrogen) atoms. The van der Waals surface area contributed by atoms with E-state index < -0.39 is 22.2 Å². The van der Waals surface area contributed by atoms with Gasteiger partial charge in [-0.25, -0.2) is 13.8 Å². The van der Waals surface area contributed by atoms with Crippen molar-refractivity contribution in [1.82, 2.24) is 15.0 Å². The second-order valence-electron chi connectivity index (χ2n) is 5.93. The topological polar surface area (TPSA) is 103 Å². The van der Waals surface area contributed by atoms with E-state index in [1.54, 1.807) is 24.4 Å². The molecule has 0 saturated heterocycles. The van der Waals surface area contributed by atoms with Crippen LogP contribution in [0.3, 0.4) is 0 Å². The Balaban J connectivity index is 1.76. The maximum absolute atomic E-state index is 13.5. The van der Waals surface area contributed by atoms with Gasteiger partial charge in [0, 0.05) is 27.8 Å². The van der Waals surface area contributed by atoms with Gasteiger partial charge in [0.15, 0.2) is 17.4 Å². The predicted octanol–water partition coefficient (Wildman–Crippen LogP) is 5.51. The highest BCUT2D eigenvalue weighted by Crippen LogP contribution is 2.38. The molecule has 0 spiro atoms. The van der Waals surface area contributed by atoms with Crippen LogP contribution >= 0.6 is 15.9 Å². The first-order chi connectivity index (χ1) is 14.4. The van der Waals surface area contributed by atoms with Gasteiger partial charge in [0.2, 0.25) is 5.82 Å². The van der Waals surface area contributed by atoms with E-state index >= 15 is 0 Å². The van der Waals surface area contributed by atoms with Gasteiger partial charge in [0.25, 0.3) is 0 Å². The number of ether oxygens (including phenoxy) is 1. The normalized spacial score (nSPS) is 10.8. The molecular formula is C19H10BrF2N5O3. The van der Waals surface area contributed by atoms with Gasteiger partial charge < -0.3 is 10.1 Å². The minimum absolute atomic E-state index is 0.0670. The van der Waals surface area contributed by atoms with Crippen LogP contribution in [0.4, 0.5) is 26.0 Å². The number of aromatic nitrogens is 3. The second kappa shape index (κ2) is 7.95. The maximum Gasteiger partial charge on any atom is 0.373 e. The number of rotatable bonds is 5. The van der Waals surface area contributed by atoms with Crippen LogP contribution in [0.5, 0.6) is 11.6 Å². The Hall–Kier alpha value is -3.73. The van der Waals surface area contributed by atoms with Gasteiger partial charge >= 0.3 is 11.6 Å². The number of benzene rings is 2. The molecule has 0 unspecified atom stereocenters. The van der Waals surface area contributed by atoms with Gasteiger partial charge in [-0.3, -0.25) is 15.1 Å². The molecular weight excluding hydrogens is 464 g/mol. The van der Waals surface area contributed by atoms with E-state index in [9.17, 15) is 18.9 Å². The van der Waals surface area contributed by atoms with E-state index in [2.05, 4.69) is 36.2 Å². The number of anilines is 2. The highest BCUT2D eigenvalue weighted by molar-refractivity contribution is 9.10. The monoisotopic (exact) mass is 473 g/mol. The molecule has 2 heterocycles. The van der Waals surface area contributed by atoms with Crippen molar-refractivity contribution in [3.63, 3.8) is 0 Å². The number of nitrogens with one attached hydrogen (secondary N) is 1. The summed E-state index contributed by atoms with van der Waals surface area (Å²) in [4.78, 5) is 23.0. The van der Waals surface area contributed by atoms with Crippen LogP contribution in [0.15, 0.2) is 59.5 Å². The molecule has 4 aromatic rings. The summed E-state index contributed by atoms with van der Waals surface area (Å²) in [6.45, 7) is 0. The van der Waals surface area contributed by atoms with E-state index in [4.69, 9.17) is 4.74 Å². The number of pyridine rings is 1. The molecule has 0 fully saturated rings. The number of halogens is 3. The molecule has 0 aliphatic rings. The van der Waals surface area contributed by atoms with Crippen molar-refractivity contribution in [2.75, 3.05) is 5.32 Å². The Morgan fingerprint density at radius 1 is 1.07 bits per heavy atom. The lowest BCUT2D eigenvalue weighted by Crippen LogP contribution is -2.04. The third-order valence-electron chi connectivity index (χ3n) is 4.04. The zero-order chi connectivity index (χ0) is 21.3. The van der Waals surface area contributed by atoms with Crippen molar-refractivity contribution in [2.45, 2.75) is 0 Å². The van der Waals surface area contributed by atoms with Gasteiger partial charge in [-0.2, -0.15) is 4.98 Å². The van der Waals surface area contributed by atoms with Crippen LogP contribution in [0.2, 0.25) is 0 Å². The van der Waals surface area contributed by atoms with Gasteiger partial charge in [-0.05, 0) is 30.3 Å². The molecule has 0 aliphatic carbocycles. The first-order valence-electron chi connectivity index (χ1n) is 8.36. The molecule has 4 rings (SSSR count). The standard InChI is InChI=1S/C19H10BrF2N5O3/c20-12-4-6-15(16-11(12)2-1-7-23-16)30-19-17(27(28)29)18(24-9-25-19)26-10-3-5-13(21)14(22)8-10/h1-9H,(H,24,25,26). The van der Waals surface area contributed by atoms with Crippen molar-refractivity contribution in [2.24, 2.45) is 0 Å². The van der Waals surface area contributed by atoms with Gasteiger partial charge in [-0.15, -0.1) is 0 Å². The summed E-state index contributed by atoms with van der Waals surface area (Å²) < 4.78 is 33.1. The van der Waals surface area contributed by atoms with Crippen molar-refractivity contribution < 1.29 is 18.4 Å². The fourth-order valence-corrected chi connectivity index (χ4v) is 3.15. The number of nitro groups is 1. The highest BCUT2D eigenvalue weighted by Gasteiger charge is 2.26. The molecule has 1 N–H and O–H groups in total. The van der Waals surface area contributed by atoms with Crippen LogP contribution in [0, 0.1) is 21.7 Å². The number of hydrogen-bond acceptors (Lipinski definition) is 7. The van der Waals surface area contributed by atoms with Crippen LogP contribution in [-0.4, -0.2) is 19.9 Å². The van der Waals surface area contributed by atoms with Crippen LogP contribution < -0.4 is 10.1 Å². The second-order valence-corrected chi connectivity index (χ2v) is 6.79. The van der Waals surface area contributed by atoms with Crippen molar-refractivity contribution >= 4 is 44.0 Å². The summed E-state index contributed by atoms with van der Waals surface area (Å²) in [5, 5.41) is 15.0. The summed E-state index contributed by atoms with van der Waals surface area (Å²) in [6, 6.07) is 9.82. The molecule has 0 saturated carbocycles. The zero-order valence-electron chi connectivity index (χ0n) is 14.8. The fraction of sp³-hybridized carbons (Fsp3) is 0. The molecule has 0 radical (unpaired) electrons. The average molecular weight is 474 g/mol. The van der Waals surface area contributed by atoms with E-state index in [0.29, 0.717) is 5.52 Å². The van der Waals surface area contributed by atoms with Gasteiger partial charge in [0.1, 0.15) is 11.8 Å². The zero-order valence-corrected chi connectivity index (χ0v) is 16.4. The van der Waals surface area contributed by atoms with Gasteiger partial charge in [-0.1, -0.05) is 22.0 Å². The van der Waals surface area contributed by atoms with E-state index in [-0.39, 0.29) is 23.1 Å². The third kappa shape index (κ3) is 3.74. The lowest BCUT2D eigenvalue weighted by molar-refractivity contribution is -0.385. The third-order valence-corrected chi connectivity index (χ3v) is 4.73. The molecule has 11 heteroatoms. The van der Waals surface area contributed by atoms with E-state index in [1.165, 1.54) is 6.07 Å². The van der Waals surface area contributed by atoms with Gasteiger partial charge in [0.05, 0.1) is 4.92 Å². The lowest BCUT2D eigenvalue weighted by Gasteiger charge is -2.11. The molecule has 0 atom stereocenters. The Bertz CT molecular complexity index is 1290. The number of hydrogen-bond donors (Lipinski definition) is 1. The molecule has 2 aromatic carbocycles. The lowest BCUT2D eigenvalue weighted by atomic mass is 10.2. The summed E-state index contributed by atoms with van der Waals surface area (Å²) in [5.41, 5.74) is -0.0402. The summed E-state index contributed by atoms with van der Waals surface area (Å²) >= 11 is 3.42. The molecule has 0 amide bonds. The van der Waals surface area contributed by atoms with Crippen molar-refractivity contribution in [3.05, 3.63) is 81.2 Å². The summed E-state index contributed by atoms with van der Waals surface area (Å²) in [5.74, 6) is -2.49. The predicted molar refractivity (Wildman–Crippen MR) is 108 cm³/mol. The first-order valence-corrected chi connectivity index (χ1v) is 9.16. The first kappa shape index (κ1) is 19.6. The Morgan fingerprint density at radius 2 is 1.90 bits per heavy atom. The SMILES string of the molecule is O=[N+]([O-])c1c(Nc2ccc(F)c(F)c2)ncnc1Oc1ccc(Br)c2cccnc12. The molecule has 0 aliphatic heterocycles. The minimum Gasteiger partial charge on any atom is -0.431 e. The minimum atomic E-state index is -1.11. The van der Waals surface area contributed by atoms with Crippen LogP contribution in [-0.2, 0) is 0 Å². The quantitative estimate of drug-likeness (QED) is 0.301. The van der Waals surface area contributed by atoms with Crippen LogP contribution in [0.25, 0.3) is 10.9 Å². The average Bonchev–Trinajstić information content (AvgIpc) is 2.73. The molecule has 2 aromatic heterocycles. The van der Waals surface area contributed by atoms with Crippen molar-refractivity contribution in [3.8, 4) is 11.6 Å². The molecule has 8 nitrogen and oxygen atoms in total. The van der Waals surface area contributed by atoms with Crippen LogP contribution in [0.1, 0.15) is 0 Å². The highest BCUT2D eigenvalue weighted by atomic mass is 79.9. The smallest absolute Gasteiger partial charge is 0.373 e. The maximum atomic E-state index is 13.5. The molecule has 0 bridgehead atoms. The number of fused-ring (bicyclic) bond motifs is 1. The Kier molecular flexibility index (Phi) is 5.19. The fourth-order valence-electron chi connectivity index (χ4n) is 2.70. The summed E-state index contributed by atoms with van der Waals surface area (Å²) in [7, 11) is 0. The van der Waals surface area contributed by atoms with E-state index in [0.717, 1.165) is 28.3 Å². The Labute approximate surface area is 175 Å². The van der Waals surface area contributed by atoms with E-state index in [1.807, 2.05) is 6.07 Å². The Morgan fingerprint density at radius 3 is 2.67 bits per heavy atom. The van der Waals surface area contributed by atoms with Crippen molar-refractivity contribution in [1.29, 1.82) is 0 Å². The molecule has 150 valence electrons. The largest absolute Gasteiger partial charge is 0.431 e. The number of nitrogens with zero attached hydrogens (tertiary/aromatic N) is 4. The summed E-state index contributed by atoms with van der Waals surface area (Å²) in [6.07, 6.45) is 2.62.